The molecule has 5 aromatic rings. The van der Waals surface area contributed by atoms with E-state index in [1.165, 1.54) is 16.5 Å². The number of benzene rings is 3. The normalized spacial score (nSPS) is 11.2. The van der Waals surface area contributed by atoms with Crippen LogP contribution in [0, 0.1) is 0 Å². The third-order valence-corrected chi connectivity index (χ3v) is 4.78. The lowest BCUT2D eigenvalue weighted by Crippen LogP contribution is -1.96. The number of para-hydroxylation sites is 1. The van der Waals surface area contributed by atoms with Crippen LogP contribution in [0.2, 0.25) is 0 Å². The molecule has 5 rings (SSSR count). The molecule has 0 aliphatic rings. The maximum atomic E-state index is 4.54. The van der Waals surface area contributed by atoms with Crippen molar-refractivity contribution >= 4 is 21.9 Å². The first kappa shape index (κ1) is 14.8. The Bertz CT molecular complexity index is 1140. The molecule has 2 aromatic heterocycles. The van der Waals surface area contributed by atoms with Gasteiger partial charge in [0.2, 0.25) is 0 Å². The Hall–Kier alpha value is -3.46. The highest BCUT2D eigenvalue weighted by atomic mass is 15.1. The fourth-order valence-corrected chi connectivity index (χ4v) is 3.56. The molecule has 3 aromatic carbocycles. The van der Waals surface area contributed by atoms with Crippen molar-refractivity contribution in [1.29, 1.82) is 0 Å². The summed E-state index contributed by atoms with van der Waals surface area (Å²) in [5.41, 5.74) is 5.84. The number of nitrogens with zero attached hydrogens (tertiary/aromatic N) is 3. The average molecular weight is 335 g/mol. The molecule has 124 valence electrons. The lowest BCUT2D eigenvalue weighted by atomic mass is 10.0. The van der Waals surface area contributed by atoms with Gasteiger partial charge in [-0.25, -0.2) is 9.97 Å². The van der Waals surface area contributed by atoms with Gasteiger partial charge in [-0.3, -0.25) is 4.57 Å². The molecule has 0 saturated carbocycles. The first-order valence-corrected chi connectivity index (χ1v) is 8.72. The predicted octanol–water partition coefficient (Wildman–Crippen LogP) is 5.16. The zero-order valence-electron chi connectivity index (χ0n) is 14.2. The third kappa shape index (κ3) is 2.45. The van der Waals surface area contributed by atoms with Crippen molar-refractivity contribution in [3.63, 3.8) is 0 Å². The molecule has 0 fully saturated rings. The maximum Gasteiger partial charge on any atom is 0.148 e. The van der Waals surface area contributed by atoms with Crippen LogP contribution in [0.25, 0.3) is 27.6 Å². The van der Waals surface area contributed by atoms with E-state index in [1.54, 1.807) is 6.33 Å². The van der Waals surface area contributed by atoms with Gasteiger partial charge in [-0.15, -0.1) is 0 Å². The number of hydrogen-bond donors (Lipinski definition) is 0. The van der Waals surface area contributed by atoms with Gasteiger partial charge in [-0.1, -0.05) is 60.7 Å². The van der Waals surface area contributed by atoms with E-state index in [4.69, 9.17) is 0 Å². The topological polar surface area (TPSA) is 30.7 Å². The second-order valence-corrected chi connectivity index (χ2v) is 6.44. The van der Waals surface area contributed by atoms with E-state index in [0.717, 1.165) is 28.7 Å². The van der Waals surface area contributed by atoms with Crippen molar-refractivity contribution < 1.29 is 0 Å². The minimum absolute atomic E-state index is 0.941. The summed E-state index contributed by atoms with van der Waals surface area (Å²) in [5.74, 6) is 0. The van der Waals surface area contributed by atoms with Crippen LogP contribution in [0.5, 0.6) is 0 Å². The van der Waals surface area contributed by atoms with Gasteiger partial charge < -0.3 is 0 Å². The van der Waals surface area contributed by atoms with Crippen molar-refractivity contribution in [3.05, 3.63) is 103 Å². The standard InChI is InChI=1S/C23H17N3/c1-2-6-17(7-3-1)14-18-10-12-19(13-11-18)26-22-9-5-4-8-20(22)21-15-24-16-25-23(21)26/h1-13,15-16H,14H2. The fraction of sp³-hybridized carbons (Fsp3) is 0.0435. The smallest absolute Gasteiger partial charge is 0.148 e. The van der Waals surface area contributed by atoms with Crippen molar-refractivity contribution in [3.8, 4) is 5.69 Å². The molecule has 0 radical (unpaired) electrons. The van der Waals surface area contributed by atoms with Gasteiger partial charge in [0.1, 0.15) is 12.0 Å². The Kier molecular flexibility index (Phi) is 3.49. The van der Waals surface area contributed by atoms with Crippen molar-refractivity contribution in [2.75, 3.05) is 0 Å². The summed E-state index contributed by atoms with van der Waals surface area (Å²) in [6.45, 7) is 0. The van der Waals surface area contributed by atoms with E-state index < -0.39 is 0 Å². The van der Waals surface area contributed by atoms with Crippen LogP contribution in [-0.2, 0) is 6.42 Å². The molecule has 3 heteroatoms. The monoisotopic (exact) mass is 335 g/mol. The zero-order valence-corrected chi connectivity index (χ0v) is 14.2. The van der Waals surface area contributed by atoms with E-state index >= 15 is 0 Å². The molecular weight excluding hydrogens is 318 g/mol. The van der Waals surface area contributed by atoms with Gasteiger partial charge in [-0.2, -0.15) is 0 Å². The summed E-state index contributed by atoms with van der Waals surface area (Å²) < 4.78 is 2.21. The Balaban J connectivity index is 1.61. The Morgan fingerprint density at radius 2 is 1.42 bits per heavy atom. The summed E-state index contributed by atoms with van der Waals surface area (Å²) in [4.78, 5) is 8.74. The lowest BCUT2D eigenvalue weighted by molar-refractivity contribution is 1.10. The molecule has 3 nitrogen and oxygen atoms in total. The fourth-order valence-electron chi connectivity index (χ4n) is 3.56. The molecule has 0 saturated heterocycles. The Morgan fingerprint density at radius 3 is 2.27 bits per heavy atom. The van der Waals surface area contributed by atoms with E-state index in [2.05, 4.69) is 93.4 Å². The minimum Gasteiger partial charge on any atom is -0.294 e. The van der Waals surface area contributed by atoms with Gasteiger partial charge in [0.25, 0.3) is 0 Å². The van der Waals surface area contributed by atoms with Gasteiger partial charge in [0.15, 0.2) is 0 Å². The summed E-state index contributed by atoms with van der Waals surface area (Å²) in [5, 5.41) is 2.26. The van der Waals surface area contributed by atoms with Crippen LogP contribution in [0.3, 0.4) is 0 Å². The van der Waals surface area contributed by atoms with Crippen LogP contribution < -0.4 is 0 Å². The SMILES string of the molecule is c1ccc(Cc2ccc(-n3c4ccccc4c4cncnc43)cc2)cc1. The first-order valence-electron chi connectivity index (χ1n) is 8.72. The van der Waals surface area contributed by atoms with E-state index in [1.807, 2.05) is 6.20 Å². The minimum atomic E-state index is 0.941. The predicted molar refractivity (Wildman–Crippen MR) is 106 cm³/mol. The Morgan fingerprint density at radius 1 is 0.692 bits per heavy atom. The summed E-state index contributed by atoms with van der Waals surface area (Å²) in [7, 11) is 0. The van der Waals surface area contributed by atoms with E-state index in [0.29, 0.717) is 0 Å². The number of rotatable bonds is 3. The molecule has 0 atom stereocenters. The molecule has 0 aliphatic carbocycles. The highest BCUT2D eigenvalue weighted by molar-refractivity contribution is 6.07. The van der Waals surface area contributed by atoms with Gasteiger partial charge in [0, 0.05) is 22.7 Å². The van der Waals surface area contributed by atoms with Crippen LogP contribution in [0.15, 0.2) is 91.4 Å². The molecule has 0 aliphatic heterocycles. The largest absolute Gasteiger partial charge is 0.294 e. The molecule has 26 heavy (non-hydrogen) atoms. The second kappa shape index (κ2) is 6.12. The Labute approximate surface area is 151 Å². The van der Waals surface area contributed by atoms with E-state index in [9.17, 15) is 0 Å². The average Bonchev–Trinajstić information content (AvgIpc) is 3.04. The third-order valence-electron chi connectivity index (χ3n) is 4.78. The van der Waals surface area contributed by atoms with Gasteiger partial charge in [-0.05, 0) is 35.7 Å². The summed E-state index contributed by atoms with van der Waals surface area (Å²) >= 11 is 0. The van der Waals surface area contributed by atoms with E-state index in [-0.39, 0.29) is 0 Å². The van der Waals surface area contributed by atoms with Crippen LogP contribution in [0.4, 0.5) is 0 Å². The maximum absolute atomic E-state index is 4.54. The summed E-state index contributed by atoms with van der Waals surface area (Å²) in [6.07, 6.45) is 4.45. The summed E-state index contributed by atoms with van der Waals surface area (Å²) in [6, 6.07) is 27.7. The quantitative estimate of drug-likeness (QED) is 0.456. The highest BCUT2D eigenvalue weighted by Crippen LogP contribution is 2.30. The molecule has 0 N–H and O–H groups in total. The van der Waals surface area contributed by atoms with Crippen molar-refractivity contribution in [2.45, 2.75) is 6.42 Å². The molecule has 0 unspecified atom stereocenters. The van der Waals surface area contributed by atoms with Gasteiger partial charge >= 0.3 is 0 Å². The highest BCUT2D eigenvalue weighted by Gasteiger charge is 2.12. The van der Waals surface area contributed by atoms with Crippen molar-refractivity contribution in [2.24, 2.45) is 0 Å². The van der Waals surface area contributed by atoms with Crippen LogP contribution >= 0.6 is 0 Å². The second-order valence-electron chi connectivity index (χ2n) is 6.44. The van der Waals surface area contributed by atoms with Gasteiger partial charge in [0.05, 0.1) is 5.52 Å². The molecule has 0 spiro atoms. The lowest BCUT2D eigenvalue weighted by Gasteiger charge is -2.08. The number of aromatic nitrogens is 3. The number of fused-ring (bicyclic) bond motifs is 3. The molecule has 0 bridgehead atoms. The first-order chi connectivity index (χ1) is 12.9. The van der Waals surface area contributed by atoms with Crippen molar-refractivity contribution in [1.82, 2.24) is 14.5 Å². The van der Waals surface area contributed by atoms with Crippen LogP contribution in [-0.4, -0.2) is 14.5 Å². The molecule has 2 heterocycles. The molecule has 0 amide bonds. The van der Waals surface area contributed by atoms with Crippen LogP contribution in [0.1, 0.15) is 11.1 Å². The number of hydrogen-bond acceptors (Lipinski definition) is 2. The molecular formula is C23H17N3. The zero-order chi connectivity index (χ0) is 17.3.